The zero-order valence-corrected chi connectivity index (χ0v) is 11.5. The highest BCUT2D eigenvalue weighted by Gasteiger charge is 2.53. The van der Waals surface area contributed by atoms with Crippen LogP contribution in [0.3, 0.4) is 0 Å². The van der Waals surface area contributed by atoms with Gasteiger partial charge < -0.3 is 10.1 Å². The first kappa shape index (κ1) is 12.9. The maximum atomic E-state index is 11.8. The molecule has 0 heterocycles. The Labute approximate surface area is 104 Å². The summed E-state index contributed by atoms with van der Waals surface area (Å²) in [7, 11) is 0. The van der Waals surface area contributed by atoms with Gasteiger partial charge in [-0.15, -0.1) is 0 Å². The Morgan fingerprint density at radius 1 is 1.41 bits per heavy atom. The molecule has 3 nitrogen and oxygen atoms in total. The Morgan fingerprint density at radius 3 is 2.41 bits per heavy atom. The van der Waals surface area contributed by atoms with Gasteiger partial charge in [0.25, 0.3) is 0 Å². The summed E-state index contributed by atoms with van der Waals surface area (Å²) >= 11 is 0. The van der Waals surface area contributed by atoms with Crippen LogP contribution < -0.4 is 5.32 Å². The Kier molecular flexibility index (Phi) is 3.23. The predicted molar refractivity (Wildman–Crippen MR) is 67.7 cm³/mol. The summed E-state index contributed by atoms with van der Waals surface area (Å²) in [6.45, 7) is 8.60. The van der Waals surface area contributed by atoms with Crippen LogP contribution in [-0.4, -0.2) is 24.2 Å². The normalized spacial score (nSPS) is 24.2. The van der Waals surface area contributed by atoms with E-state index in [4.69, 9.17) is 4.74 Å². The quantitative estimate of drug-likeness (QED) is 0.749. The van der Waals surface area contributed by atoms with Crippen molar-refractivity contribution < 1.29 is 9.53 Å². The molecule has 1 N–H and O–H groups in total. The molecule has 1 unspecified atom stereocenters. The molecule has 3 heteroatoms. The van der Waals surface area contributed by atoms with E-state index in [1.54, 1.807) is 0 Å². The summed E-state index contributed by atoms with van der Waals surface area (Å²) in [5.41, 5.74) is 0.150. The molecule has 17 heavy (non-hydrogen) atoms. The smallest absolute Gasteiger partial charge is 0.323 e. The Bertz CT molecular complexity index is 298. The lowest BCUT2D eigenvalue weighted by Crippen LogP contribution is -2.41. The summed E-state index contributed by atoms with van der Waals surface area (Å²) in [6.07, 6.45) is 5.46. The number of ether oxygens (including phenoxy) is 1. The van der Waals surface area contributed by atoms with Crippen molar-refractivity contribution in [2.75, 3.05) is 6.54 Å². The number of rotatable bonds is 5. The van der Waals surface area contributed by atoms with E-state index in [-0.39, 0.29) is 17.6 Å². The van der Waals surface area contributed by atoms with Crippen molar-refractivity contribution in [2.45, 2.75) is 65.0 Å². The van der Waals surface area contributed by atoms with Crippen LogP contribution in [0.4, 0.5) is 0 Å². The van der Waals surface area contributed by atoms with Gasteiger partial charge in [0.2, 0.25) is 0 Å². The topological polar surface area (TPSA) is 38.3 Å². The molecule has 1 atom stereocenters. The van der Waals surface area contributed by atoms with Gasteiger partial charge in [-0.2, -0.15) is 0 Å². The molecule has 2 saturated carbocycles. The number of esters is 1. The van der Waals surface area contributed by atoms with Crippen LogP contribution in [-0.2, 0) is 9.53 Å². The fraction of sp³-hybridized carbons (Fsp3) is 0.929. The zero-order valence-electron chi connectivity index (χ0n) is 11.5. The highest BCUT2D eigenvalue weighted by Crippen LogP contribution is 2.60. The third kappa shape index (κ3) is 3.44. The average molecular weight is 239 g/mol. The van der Waals surface area contributed by atoms with Gasteiger partial charge in [0, 0.05) is 6.54 Å². The van der Waals surface area contributed by atoms with E-state index >= 15 is 0 Å². The predicted octanol–water partition coefficient (Wildman–Crippen LogP) is 2.50. The van der Waals surface area contributed by atoms with Gasteiger partial charge in [0.05, 0.1) is 0 Å². The minimum Gasteiger partial charge on any atom is -0.459 e. The van der Waals surface area contributed by atoms with Gasteiger partial charge in [0.1, 0.15) is 11.6 Å². The molecule has 98 valence electrons. The minimum absolute atomic E-state index is 0.135. The van der Waals surface area contributed by atoms with Crippen LogP contribution in [0.25, 0.3) is 0 Å². The van der Waals surface area contributed by atoms with E-state index in [1.807, 2.05) is 27.7 Å². The van der Waals surface area contributed by atoms with Gasteiger partial charge in [-0.25, -0.2) is 0 Å². The molecular weight excluding hydrogens is 214 g/mol. The number of carbonyl (C=O) groups excluding carboxylic acids is 1. The molecule has 0 radical (unpaired) electrons. The van der Waals surface area contributed by atoms with E-state index in [0.717, 1.165) is 12.5 Å². The monoisotopic (exact) mass is 239 g/mol. The van der Waals surface area contributed by atoms with E-state index in [2.05, 4.69) is 5.32 Å². The van der Waals surface area contributed by atoms with Crippen LogP contribution in [0.1, 0.15) is 53.4 Å². The molecule has 0 aromatic heterocycles. The maximum absolute atomic E-state index is 11.8. The second-order valence-electron chi connectivity index (χ2n) is 6.77. The first-order chi connectivity index (χ1) is 7.82. The van der Waals surface area contributed by atoms with E-state index in [1.165, 1.54) is 25.7 Å². The average Bonchev–Trinajstić information content (AvgIpc) is 3.02. The van der Waals surface area contributed by atoms with Crippen LogP contribution in [0.2, 0.25) is 0 Å². The van der Waals surface area contributed by atoms with Crippen molar-refractivity contribution in [2.24, 2.45) is 11.3 Å². The summed E-state index contributed by atoms with van der Waals surface area (Å²) in [4.78, 5) is 11.8. The fourth-order valence-corrected chi connectivity index (χ4v) is 2.42. The third-order valence-corrected chi connectivity index (χ3v) is 3.86. The standard InChI is InChI=1S/C14H25NO2/c1-10(12(16)17-13(2,3)4)15-9-14(7-8-14)11-5-6-11/h10-11,15H,5-9H2,1-4H3. The van der Waals surface area contributed by atoms with Gasteiger partial charge in [-0.05, 0) is 64.7 Å². The van der Waals surface area contributed by atoms with Gasteiger partial charge in [-0.1, -0.05) is 0 Å². The highest BCUT2D eigenvalue weighted by atomic mass is 16.6. The molecule has 2 aliphatic carbocycles. The van der Waals surface area contributed by atoms with Crippen molar-refractivity contribution in [3.05, 3.63) is 0 Å². The van der Waals surface area contributed by atoms with Gasteiger partial charge >= 0.3 is 5.97 Å². The van der Waals surface area contributed by atoms with Crippen LogP contribution in [0.15, 0.2) is 0 Å². The first-order valence-electron chi connectivity index (χ1n) is 6.79. The molecule has 2 fully saturated rings. The van der Waals surface area contributed by atoms with Crippen molar-refractivity contribution in [3.8, 4) is 0 Å². The summed E-state index contributed by atoms with van der Waals surface area (Å²) in [6, 6.07) is -0.189. The maximum Gasteiger partial charge on any atom is 0.323 e. The number of hydrogen-bond donors (Lipinski definition) is 1. The zero-order chi connectivity index (χ0) is 12.7. The van der Waals surface area contributed by atoms with Gasteiger partial charge in [-0.3, -0.25) is 4.79 Å². The molecule has 2 aliphatic rings. The van der Waals surface area contributed by atoms with E-state index in [9.17, 15) is 4.79 Å². The minimum atomic E-state index is -0.388. The molecule has 0 saturated heterocycles. The Morgan fingerprint density at radius 2 is 2.00 bits per heavy atom. The third-order valence-electron chi connectivity index (χ3n) is 3.86. The van der Waals surface area contributed by atoms with Crippen molar-refractivity contribution >= 4 is 5.97 Å². The summed E-state index contributed by atoms with van der Waals surface area (Å²) in [5.74, 6) is 0.796. The lowest BCUT2D eigenvalue weighted by atomic mass is 10.0. The molecular formula is C14H25NO2. The van der Waals surface area contributed by atoms with E-state index < -0.39 is 0 Å². The summed E-state index contributed by atoms with van der Waals surface area (Å²) in [5, 5.41) is 3.35. The molecule has 0 spiro atoms. The van der Waals surface area contributed by atoms with Crippen LogP contribution >= 0.6 is 0 Å². The Balaban J connectivity index is 1.73. The molecule has 2 rings (SSSR count). The van der Waals surface area contributed by atoms with Crippen molar-refractivity contribution in [1.29, 1.82) is 0 Å². The van der Waals surface area contributed by atoms with Crippen LogP contribution in [0.5, 0.6) is 0 Å². The molecule has 0 bridgehead atoms. The first-order valence-corrected chi connectivity index (χ1v) is 6.79. The largest absolute Gasteiger partial charge is 0.459 e. The fourth-order valence-electron chi connectivity index (χ4n) is 2.42. The highest BCUT2D eigenvalue weighted by molar-refractivity contribution is 5.75. The Hall–Kier alpha value is -0.570. The second kappa shape index (κ2) is 4.27. The van der Waals surface area contributed by atoms with E-state index in [0.29, 0.717) is 5.41 Å². The van der Waals surface area contributed by atoms with Crippen molar-refractivity contribution in [3.63, 3.8) is 0 Å². The lowest BCUT2D eigenvalue weighted by molar-refractivity contribution is -0.157. The lowest BCUT2D eigenvalue weighted by Gasteiger charge is -2.24. The molecule has 0 aromatic carbocycles. The van der Waals surface area contributed by atoms with Crippen molar-refractivity contribution in [1.82, 2.24) is 5.32 Å². The molecule has 0 aromatic rings. The molecule has 0 aliphatic heterocycles. The molecule has 0 amide bonds. The number of hydrogen-bond acceptors (Lipinski definition) is 3. The second-order valence-corrected chi connectivity index (χ2v) is 6.77. The number of nitrogens with one attached hydrogen (secondary N) is 1. The van der Waals surface area contributed by atoms with Crippen LogP contribution in [0, 0.1) is 11.3 Å². The van der Waals surface area contributed by atoms with Gasteiger partial charge in [0.15, 0.2) is 0 Å². The SMILES string of the molecule is CC(NCC1(C2CC2)CC1)C(=O)OC(C)(C)C. The number of carbonyl (C=O) groups is 1. The summed E-state index contributed by atoms with van der Waals surface area (Å²) < 4.78 is 5.36.